The predicted molar refractivity (Wildman–Crippen MR) is 67.4 cm³/mol. The fourth-order valence-electron chi connectivity index (χ4n) is 1.36. The molecule has 1 aromatic rings. The molecular formula is C14H12S. The molecule has 1 heterocycles. The molecule has 0 unspecified atom stereocenters. The summed E-state index contributed by atoms with van der Waals surface area (Å²) in [6.45, 7) is 0. The molecule has 0 spiro atoms. The summed E-state index contributed by atoms with van der Waals surface area (Å²) in [6, 6.07) is 20.8. The third-order valence-electron chi connectivity index (χ3n) is 2.08. The Labute approximate surface area is 94.2 Å². The highest BCUT2D eigenvalue weighted by Crippen LogP contribution is 2.19. The molecule has 2 aliphatic rings. The maximum Gasteiger partial charge on any atom is -0.00934 e. The van der Waals surface area contributed by atoms with E-state index in [1.54, 1.807) is 11.3 Å². The first kappa shape index (κ1) is 9.94. The second kappa shape index (κ2) is 5.32. The van der Waals surface area contributed by atoms with Gasteiger partial charge < -0.3 is 0 Å². The van der Waals surface area contributed by atoms with E-state index < -0.39 is 0 Å². The van der Waals surface area contributed by atoms with Crippen LogP contribution in [0.15, 0.2) is 71.4 Å². The lowest BCUT2D eigenvalue weighted by Gasteiger charge is -1.85. The Balaban J connectivity index is 0.000000144. The monoisotopic (exact) mass is 212 g/mol. The van der Waals surface area contributed by atoms with Gasteiger partial charge in [0.25, 0.3) is 0 Å². The first-order chi connectivity index (χ1) is 7.47. The summed E-state index contributed by atoms with van der Waals surface area (Å²) in [4.78, 5) is 0. The van der Waals surface area contributed by atoms with Gasteiger partial charge in [0.05, 0.1) is 0 Å². The van der Waals surface area contributed by atoms with E-state index in [9.17, 15) is 0 Å². The number of hydrogen-bond acceptors (Lipinski definition) is 1. The van der Waals surface area contributed by atoms with E-state index >= 15 is 0 Å². The van der Waals surface area contributed by atoms with E-state index in [0.717, 1.165) is 0 Å². The van der Waals surface area contributed by atoms with Crippen molar-refractivity contribution in [3.8, 4) is 11.1 Å². The van der Waals surface area contributed by atoms with Crippen LogP contribution in [0.1, 0.15) is 0 Å². The number of thiophene rings is 1. The van der Waals surface area contributed by atoms with Crippen molar-refractivity contribution in [1.29, 1.82) is 0 Å². The maximum absolute atomic E-state index is 2.12. The van der Waals surface area contributed by atoms with Crippen LogP contribution in [0.4, 0.5) is 0 Å². The van der Waals surface area contributed by atoms with Crippen molar-refractivity contribution in [1.82, 2.24) is 0 Å². The van der Waals surface area contributed by atoms with Gasteiger partial charge in [0, 0.05) is 0 Å². The summed E-state index contributed by atoms with van der Waals surface area (Å²) < 4.78 is 0. The molecule has 0 saturated carbocycles. The third kappa shape index (κ3) is 2.93. The van der Waals surface area contributed by atoms with Crippen LogP contribution in [0.2, 0.25) is 0 Å². The van der Waals surface area contributed by atoms with Crippen molar-refractivity contribution >= 4 is 11.3 Å². The van der Waals surface area contributed by atoms with E-state index in [1.165, 1.54) is 11.1 Å². The average molecular weight is 212 g/mol. The van der Waals surface area contributed by atoms with Gasteiger partial charge in [-0.3, -0.25) is 0 Å². The van der Waals surface area contributed by atoms with Crippen molar-refractivity contribution in [2.24, 2.45) is 0 Å². The van der Waals surface area contributed by atoms with Gasteiger partial charge in [-0.25, -0.2) is 0 Å². The molecule has 0 amide bonds. The van der Waals surface area contributed by atoms with Gasteiger partial charge in [-0.1, -0.05) is 60.7 Å². The lowest BCUT2D eigenvalue weighted by molar-refractivity contribution is 1.84. The minimum atomic E-state index is 1.31. The van der Waals surface area contributed by atoms with Gasteiger partial charge in [0.2, 0.25) is 0 Å². The summed E-state index contributed by atoms with van der Waals surface area (Å²) in [6.07, 6.45) is 0. The van der Waals surface area contributed by atoms with Gasteiger partial charge in [0.15, 0.2) is 0 Å². The zero-order chi connectivity index (χ0) is 10.3. The molecule has 0 N–H and O–H groups in total. The van der Waals surface area contributed by atoms with Gasteiger partial charge in [-0.15, -0.1) is 0 Å². The molecule has 1 heteroatoms. The van der Waals surface area contributed by atoms with Crippen LogP contribution in [0.3, 0.4) is 0 Å². The Hall–Kier alpha value is -1.60. The van der Waals surface area contributed by atoms with Crippen LogP contribution in [0.5, 0.6) is 0 Å². The molecule has 0 aliphatic heterocycles. The molecule has 74 valence electrons. The molecule has 0 saturated heterocycles. The van der Waals surface area contributed by atoms with Crippen LogP contribution in [-0.2, 0) is 0 Å². The highest BCUT2D eigenvalue weighted by atomic mass is 32.1. The normalized spacial score (nSPS) is 9.33. The molecule has 15 heavy (non-hydrogen) atoms. The minimum Gasteiger partial charge on any atom is -0.152 e. The number of hydrogen-bond donors (Lipinski definition) is 0. The largest absolute Gasteiger partial charge is 0.152 e. The fourth-order valence-corrected chi connectivity index (χ4v) is 1.81. The Morgan fingerprint density at radius 2 is 1.07 bits per heavy atom. The van der Waals surface area contributed by atoms with Crippen molar-refractivity contribution in [3.05, 3.63) is 71.4 Å². The quantitative estimate of drug-likeness (QED) is 0.513. The molecule has 0 fully saturated rings. The zero-order valence-corrected chi connectivity index (χ0v) is 9.15. The molecule has 0 aromatic carbocycles. The molecule has 2 aliphatic carbocycles. The third-order valence-corrected chi connectivity index (χ3v) is 2.71. The first-order valence-corrected chi connectivity index (χ1v) is 5.82. The summed E-state index contributed by atoms with van der Waals surface area (Å²) in [5, 5.41) is 4.08. The van der Waals surface area contributed by atoms with E-state index in [-0.39, 0.29) is 0 Å². The minimum absolute atomic E-state index is 1.31. The maximum atomic E-state index is 2.12. The Kier molecular flexibility index (Phi) is 3.53. The lowest BCUT2D eigenvalue weighted by atomic mass is 10.2. The van der Waals surface area contributed by atoms with Crippen molar-refractivity contribution in [2.45, 2.75) is 0 Å². The van der Waals surface area contributed by atoms with Crippen LogP contribution in [0.25, 0.3) is 11.1 Å². The molecule has 3 rings (SSSR count). The van der Waals surface area contributed by atoms with Gasteiger partial charge in [0.1, 0.15) is 0 Å². The van der Waals surface area contributed by atoms with E-state index in [1.807, 2.05) is 29.0 Å². The second-order valence-electron chi connectivity index (χ2n) is 3.14. The highest BCUT2D eigenvalue weighted by molar-refractivity contribution is 7.07. The predicted octanol–water partition coefficient (Wildman–Crippen LogP) is 4.54. The Bertz CT molecular complexity index is 412. The van der Waals surface area contributed by atoms with Gasteiger partial charge in [-0.2, -0.15) is 11.3 Å². The summed E-state index contributed by atoms with van der Waals surface area (Å²) in [5.74, 6) is 0. The van der Waals surface area contributed by atoms with E-state index in [2.05, 4.69) is 42.5 Å². The summed E-state index contributed by atoms with van der Waals surface area (Å²) in [7, 11) is 0. The van der Waals surface area contributed by atoms with Gasteiger partial charge in [-0.05, 0) is 21.9 Å². The fraction of sp³-hybridized carbons (Fsp3) is 0. The topological polar surface area (TPSA) is 0 Å². The molecule has 0 radical (unpaired) electrons. The summed E-state index contributed by atoms with van der Waals surface area (Å²) in [5.41, 5.74) is 2.62. The van der Waals surface area contributed by atoms with Gasteiger partial charge >= 0.3 is 0 Å². The highest BCUT2D eigenvalue weighted by Gasteiger charge is 1.94. The van der Waals surface area contributed by atoms with E-state index in [0.29, 0.717) is 0 Å². The standard InChI is InChI=1S/C10H8.C4H4S/c1-2-5-9-7-4-8-10(9)6-3-1;1-2-4-5-3-1/h1-8H;1-4H. The second-order valence-corrected chi connectivity index (χ2v) is 3.96. The van der Waals surface area contributed by atoms with Crippen molar-refractivity contribution in [2.75, 3.05) is 0 Å². The summed E-state index contributed by atoms with van der Waals surface area (Å²) >= 11 is 1.71. The van der Waals surface area contributed by atoms with Crippen LogP contribution in [0, 0.1) is 0 Å². The molecular weight excluding hydrogens is 200 g/mol. The zero-order valence-electron chi connectivity index (χ0n) is 8.34. The Morgan fingerprint density at radius 1 is 0.533 bits per heavy atom. The molecule has 1 aromatic heterocycles. The van der Waals surface area contributed by atoms with Crippen LogP contribution in [-0.4, -0.2) is 0 Å². The number of fused-ring (bicyclic) bond motifs is 1. The molecule has 0 atom stereocenters. The Morgan fingerprint density at radius 3 is 1.53 bits per heavy atom. The molecule has 0 bridgehead atoms. The lowest BCUT2D eigenvalue weighted by Crippen LogP contribution is -1.59. The van der Waals surface area contributed by atoms with Crippen molar-refractivity contribution in [3.63, 3.8) is 0 Å². The van der Waals surface area contributed by atoms with E-state index in [4.69, 9.17) is 0 Å². The van der Waals surface area contributed by atoms with Crippen molar-refractivity contribution < 1.29 is 0 Å². The first-order valence-electron chi connectivity index (χ1n) is 4.88. The number of rotatable bonds is 0. The van der Waals surface area contributed by atoms with Crippen LogP contribution >= 0.6 is 11.3 Å². The SMILES string of the molecule is c1ccc2cccc-2cc1.c1ccsc1. The average Bonchev–Trinajstić information content (AvgIpc) is 2.90. The molecule has 0 nitrogen and oxygen atoms in total. The smallest absolute Gasteiger partial charge is 0.00934 e. The van der Waals surface area contributed by atoms with Crippen LogP contribution < -0.4 is 0 Å².